The molecule has 1 aliphatic rings. The maximum Gasteiger partial charge on any atom is 0.236 e. The Morgan fingerprint density at radius 1 is 1.33 bits per heavy atom. The fourth-order valence-corrected chi connectivity index (χ4v) is 2.27. The number of piperidine rings is 1. The smallest absolute Gasteiger partial charge is 0.236 e. The highest BCUT2D eigenvalue weighted by Gasteiger charge is 2.25. The van der Waals surface area contributed by atoms with Crippen molar-refractivity contribution in [1.29, 1.82) is 0 Å². The molecular weight excluding hydrogens is 273 g/mol. The third-order valence-electron chi connectivity index (χ3n) is 3.50. The second-order valence-corrected chi connectivity index (χ2v) is 4.90. The minimum atomic E-state index is 0. The highest BCUT2D eigenvalue weighted by molar-refractivity contribution is 5.85. The van der Waals surface area contributed by atoms with Crippen LogP contribution in [-0.4, -0.2) is 61.5 Å². The number of halogens is 2. The minimum Gasteiger partial charge on any atom is -0.342 e. The van der Waals surface area contributed by atoms with Gasteiger partial charge in [-0.3, -0.25) is 4.79 Å². The van der Waals surface area contributed by atoms with Crippen LogP contribution in [0, 0.1) is 0 Å². The van der Waals surface area contributed by atoms with Crippen molar-refractivity contribution in [1.82, 2.24) is 15.1 Å². The second kappa shape index (κ2) is 9.84. The average molecular weight is 300 g/mol. The molecule has 0 aromatic heterocycles. The van der Waals surface area contributed by atoms with Crippen molar-refractivity contribution >= 4 is 30.7 Å². The number of hydrogen-bond acceptors (Lipinski definition) is 3. The van der Waals surface area contributed by atoms with Crippen molar-refractivity contribution < 1.29 is 4.79 Å². The van der Waals surface area contributed by atoms with Gasteiger partial charge in [0.1, 0.15) is 0 Å². The maximum atomic E-state index is 11.7. The molecule has 0 aromatic rings. The Morgan fingerprint density at radius 2 is 1.83 bits per heavy atom. The molecule has 1 fully saturated rings. The molecule has 1 heterocycles. The van der Waals surface area contributed by atoms with E-state index in [1.807, 2.05) is 19.0 Å². The van der Waals surface area contributed by atoms with Crippen LogP contribution in [0.2, 0.25) is 0 Å². The van der Waals surface area contributed by atoms with Gasteiger partial charge in [-0.1, -0.05) is 0 Å². The molecule has 4 nitrogen and oxygen atoms in total. The summed E-state index contributed by atoms with van der Waals surface area (Å²) in [7, 11) is 3.74. The largest absolute Gasteiger partial charge is 0.342 e. The molecule has 0 saturated carbocycles. The van der Waals surface area contributed by atoms with Crippen molar-refractivity contribution in [2.24, 2.45) is 0 Å². The van der Waals surface area contributed by atoms with Gasteiger partial charge in [-0.15, -0.1) is 24.8 Å². The predicted octanol–water partition coefficient (Wildman–Crippen LogP) is 1.38. The summed E-state index contributed by atoms with van der Waals surface area (Å²) in [5, 5.41) is 2.91. The van der Waals surface area contributed by atoms with E-state index < -0.39 is 0 Å². The van der Waals surface area contributed by atoms with E-state index in [1.165, 1.54) is 0 Å². The van der Waals surface area contributed by atoms with Crippen molar-refractivity contribution in [3.8, 4) is 0 Å². The van der Waals surface area contributed by atoms with Crippen LogP contribution in [0.25, 0.3) is 0 Å². The molecule has 110 valence electrons. The fraction of sp³-hybridized carbons (Fsp3) is 0.917. The first-order valence-electron chi connectivity index (χ1n) is 6.20. The normalized spacial score (nSPS) is 16.9. The lowest BCUT2D eigenvalue weighted by Crippen LogP contribution is -2.48. The SMILES string of the molecule is CNCC(=O)N(C)C1CCN(C(C)C)CC1.Cl.Cl. The number of rotatable bonds is 4. The highest BCUT2D eigenvalue weighted by atomic mass is 35.5. The Balaban J connectivity index is 0. The summed E-state index contributed by atoms with van der Waals surface area (Å²) in [6, 6.07) is 1.05. The first-order valence-corrected chi connectivity index (χ1v) is 6.20. The van der Waals surface area contributed by atoms with E-state index in [4.69, 9.17) is 0 Å². The predicted molar refractivity (Wildman–Crippen MR) is 80.9 cm³/mol. The first-order chi connectivity index (χ1) is 7.56. The van der Waals surface area contributed by atoms with Gasteiger partial charge in [0.15, 0.2) is 0 Å². The van der Waals surface area contributed by atoms with Crippen molar-refractivity contribution in [2.75, 3.05) is 33.7 Å². The molecule has 0 unspecified atom stereocenters. The maximum absolute atomic E-state index is 11.7. The molecule has 0 bridgehead atoms. The Hall–Kier alpha value is -0.0300. The molecule has 0 spiro atoms. The molecule has 1 amide bonds. The van der Waals surface area contributed by atoms with E-state index in [0.717, 1.165) is 25.9 Å². The lowest BCUT2D eigenvalue weighted by molar-refractivity contribution is -0.131. The Labute approximate surface area is 123 Å². The molecule has 0 aromatic carbocycles. The van der Waals surface area contributed by atoms with Crippen LogP contribution in [-0.2, 0) is 4.79 Å². The number of carbonyl (C=O) groups excluding carboxylic acids is 1. The fourth-order valence-electron chi connectivity index (χ4n) is 2.27. The topological polar surface area (TPSA) is 35.6 Å². The van der Waals surface area contributed by atoms with Gasteiger partial charge in [0, 0.05) is 32.2 Å². The zero-order chi connectivity index (χ0) is 12.1. The van der Waals surface area contributed by atoms with E-state index >= 15 is 0 Å². The Bertz CT molecular complexity index is 231. The van der Waals surface area contributed by atoms with Gasteiger partial charge in [0.2, 0.25) is 5.91 Å². The summed E-state index contributed by atoms with van der Waals surface area (Å²) in [6.07, 6.45) is 2.20. The summed E-state index contributed by atoms with van der Waals surface area (Å²) in [5.74, 6) is 0.200. The number of carbonyl (C=O) groups is 1. The average Bonchev–Trinajstić information content (AvgIpc) is 2.28. The van der Waals surface area contributed by atoms with Crippen LogP contribution in [0.3, 0.4) is 0 Å². The number of hydrogen-bond donors (Lipinski definition) is 1. The van der Waals surface area contributed by atoms with E-state index in [1.54, 1.807) is 0 Å². The van der Waals surface area contributed by atoms with Crippen LogP contribution in [0.15, 0.2) is 0 Å². The number of likely N-dealkylation sites (tertiary alicyclic amines) is 1. The van der Waals surface area contributed by atoms with Crippen molar-refractivity contribution in [3.63, 3.8) is 0 Å². The molecule has 18 heavy (non-hydrogen) atoms. The van der Waals surface area contributed by atoms with Gasteiger partial charge in [-0.05, 0) is 33.7 Å². The summed E-state index contributed by atoms with van der Waals surface area (Å²) >= 11 is 0. The van der Waals surface area contributed by atoms with E-state index in [-0.39, 0.29) is 30.7 Å². The zero-order valence-electron chi connectivity index (χ0n) is 11.8. The van der Waals surface area contributed by atoms with E-state index in [2.05, 4.69) is 24.1 Å². The summed E-state index contributed by atoms with van der Waals surface area (Å²) in [6.45, 7) is 7.13. The van der Waals surface area contributed by atoms with Gasteiger partial charge in [-0.2, -0.15) is 0 Å². The van der Waals surface area contributed by atoms with Gasteiger partial charge >= 0.3 is 0 Å². The molecule has 1 rings (SSSR count). The lowest BCUT2D eigenvalue weighted by Gasteiger charge is -2.38. The summed E-state index contributed by atoms with van der Waals surface area (Å²) in [4.78, 5) is 16.1. The quantitative estimate of drug-likeness (QED) is 0.852. The Kier molecular flexibility index (Phi) is 11.1. The van der Waals surface area contributed by atoms with Crippen LogP contribution in [0.4, 0.5) is 0 Å². The van der Waals surface area contributed by atoms with Crippen LogP contribution >= 0.6 is 24.8 Å². The highest BCUT2D eigenvalue weighted by Crippen LogP contribution is 2.17. The third kappa shape index (κ3) is 5.74. The molecule has 1 aliphatic heterocycles. The van der Waals surface area contributed by atoms with Crippen LogP contribution < -0.4 is 5.32 Å². The lowest BCUT2D eigenvalue weighted by atomic mass is 10.0. The molecule has 0 atom stereocenters. The zero-order valence-corrected chi connectivity index (χ0v) is 13.4. The molecular formula is C12H27Cl2N3O. The molecule has 6 heteroatoms. The van der Waals surface area contributed by atoms with Gasteiger partial charge in [-0.25, -0.2) is 0 Å². The Morgan fingerprint density at radius 3 is 2.22 bits per heavy atom. The van der Waals surface area contributed by atoms with Gasteiger partial charge in [0.25, 0.3) is 0 Å². The standard InChI is InChI=1S/C12H25N3O.2ClH/c1-10(2)15-7-5-11(6-8-15)14(4)12(16)9-13-3;;/h10-11,13H,5-9H2,1-4H3;2*1H. The van der Waals surface area contributed by atoms with Crippen LogP contribution in [0.5, 0.6) is 0 Å². The van der Waals surface area contributed by atoms with Gasteiger partial charge < -0.3 is 15.1 Å². The minimum absolute atomic E-state index is 0. The molecule has 1 N–H and O–H groups in total. The first kappa shape index (κ1) is 20.3. The van der Waals surface area contributed by atoms with Crippen molar-refractivity contribution in [2.45, 2.75) is 38.8 Å². The third-order valence-corrected chi connectivity index (χ3v) is 3.50. The van der Waals surface area contributed by atoms with E-state index in [9.17, 15) is 4.79 Å². The second-order valence-electron chi connectivity index (χ2n) is 4.90. The molecule has 1 saturated heterocycles. The summed E-state index contributed by atoms with van der Waals surface area (Å²) < 4.78 is 0. The number of likely N-dealkylation sites (N-methyl/N-ethyl adjacent to an activating group) is 2. The summed E-state index contributed by atoms with van der Waals surface area (Å²) in [5.41, 5.74) is 0. The van der Waals surface area contributed by atoms with Crippen molar-refractivity contribution in [3.05, 3.63) is 0 Å². The number of nitrogens with zero attached hydrogens (tertiary/aromatic N) is 2. The van der Waals surface area contributed by atoms with E-state index in [0.29, 0.717) is 18.6 Å². The molecule has 0 radical (unpaired) electrons. The van der Waals surface area contributed by atoms with Gasteiger partial charge in [0.05, 0.1) is 6.54 Å². The van der Waals surface area contributed by atoms with Crippen LogP contribution in [0.1, 0.15) is 26.7 Å². The monoisotopic (exact) mass is 299 g/mol. The number of nitrogens with one attached hydrogen (secondary N) is 1. The number of amides is 1. The molecule has 0 aliphatic carbocycles.